The van der Waals surface area contributed by atoms with Crippen LogP contribution in [-0.4, -0.2) is 42.4 Å². The Morgan fingerprint density at radius 2 is 1.57 bits per heavy atom. The molecular formula is C23H48N2O3. The van der Waals surface area contributed by atoms with E-state index < -0.39 is 0 Å². The number of allylic oxidation sites excluding steroid dienone is 1. The van der Waals surface area contributed by atoms with Gasteiger partial charge in [0, 0.05) is 6.42 Å². The summed E-state index contributed by atoms with van der Waals surface area (Å²) in [6, 6.07) is 0. The van der Waals surface area contributed by atoms with E-state index >= 15 is 0 Å². The monoisotopic (exact) mass is 400 g/mol. The summed E-state index contributed by atoms with van der Waals surface area (Å²) in [4.78, 5) is 10.6. The fourth-order valence-electron chi connectivity index (χ4n) is 2.93. The smallest absolute Gasteiger partial charge is 0.217 e. The van der Waals surface area contributed by atoms with E-state index in [4.69, 9.17) is 5.73 Å². The number of nitrogens with two attached hydrogens (primary N) is 1. The largest absolute Gasteiger partial charge is 0.633 e. The van der Waals surface area contributed by atoms with Gasteiger partial charge in [-0.25, -0.2) is 0 Å². The van der Waals surface area contributed by atoms with Gasteiger partial charge in [0.05, 0.1) is 26.7 Å². The minimum absolute atomic E-state index is 0.156. The number of unbranched alkanes of at least 4 members (excludes halogenated alkanes) is 8. The summed E-state index contributed by atoms with van der Waals surface area (Å²) in [5, 5.41) is 20.4. The van der Waals surface area contributed by atoms with Crippen molar-refractivity contribution in [2.75, 3.05) is 20.6 Å². The predicted octanol–water partition coefficient (Wildman–Crippen LogP) is 5.45. The highest BCUT2D eigenvalue weighted by Crippen LogP contribution is 2.10. The van der Waals surface area contributed by atoms with E-state index in [0.717, 1.165) is 51.5 Å². The van der Waals surface area contributed by atoms with Crippen LogP contribution >= 0.6 is 0 Å². The number of primary amides is 1. The van der Waals surface area contributed by atoms with Crippen LogP contribution in [0.5, 0.6) is 0 Å². The van der Waals surface area contributed by atoms with E-state index in [-0.39, 0.29) is 16.7 Å². The zero-order chi connectivity index (χ0) is 21.7. The van der Waals surface area contributed by atoms with Gasteiger partial charge in [-0.05, 0) is 38.5 Å². The predicted molar refractivity (Wildman–Crippen MR) is 121 cm³/mol. The molecule has 168 valence electrons. The van der Waals surface area contributed by atoms with Crippen LogP contribution in [0.1, 0.15) is 104 Å². The first-order valence-corrected chi connectivity index (χ1v) is 11.4. The topological polar surface area (TPSA) is 86.4 Å². The van der Waals surface area contributed by atoms with Crippen molar-refractivity contribution in [3.63, 3.8) is 0 Å². The number of hydrogen-bond acceptors (Lipinski definition) is 3. The second-order valence-corrected chi connectivity index (χ2v) is 8.28. The number of carbonyl (C=O) groups excluding carboxylic acids is 1. The third-order valence-corrected chi connectivity index (χ3v) is 4.52. The molecule has 0 aromatic rings. The second kappa shape index (κ2) is 20.8. The lowest BCUT2D eigenvalue weighted by Crippen LogP contribution is -2.32. The number of nitrogens with zero attached hydrogens (tertiary/aromatic N) is 1. The number of quaternary nitrogens is 1. The quantitative estimate of drug-likeness (QED) is 0.147. The molecule has 0 unspecified atom stereocenters. The Hall–Kier alpha value is -0.910. The molecule has 1 amide bonds. The molecule has 0 saturated carbocycles. The molecular weight excluding hydrogens is 352 g/mol. The van der Waals surface area contributed by atoms with E-state index in [1.807, 2.05) is 6.92 Å². The number of aliphatic hydroxyl groups excluding tert-OH is 1. The summed E-state index contributed by atoms with van der Waals surface area (Å²) in [5.41, 5.74) is 5.09. The Morgan fingerprint density at radius 3 is 2.11 bits per heavy atom. The zero-order valence-electron chi connectivity index (χ0n) is 19.1. The summed E-state index contributed by atoms with van der Waals surface area (Å²) in [6.45, 7) is 4.94. The molecule has 0 radical (unpaired) electrons. The standard InChI is InChI=1S/C18H35NO2.C5H13NO/c1-2-3-4-11-14-17(20)15-12-9-7-5-6-8-10-13-16-18(19)21;1-4-5-6(2,3)7/h9,12,17,20H,2-8,10-11,13-16H2,1H3,(H2,19,21);4-5H2,1-3H3/b12-9-;/t17-;/m1./s1. The average Bonchev–Trinajstić information content (AvgIpc) is 2.59. The molecule has 0 fully saturated rings. The molecule has 0 spiro atoms. The molecule has 0 aliphatic rings. The van der Waals surface area contributed by atoms with Crippen molar-refractivity contribution >= 4 is 5.91 Å². The Kier molecular flexibility index (Phi) is 21.8. The van der Waals surface area contributed by atoms with Gasteiger partial charge in [0.25, 0.3) is 0 Å². The fraction of sp³-hybridized carbons (Fsp3) is 0.870. The van der Waals surface area contributed by atoms with Crippen LogP contribution in [0.15, 0.2) is 12.2 Å². The maximum atomic E-state index is 10.6. The first-order valence-electron chi connectivity index (χ1n) is 11.4. The van der Waals surface area contributed by atoms with Crippen LogP contribution in [-0.2, 0) is 4.79 Å². The van der Waals surface area contributed by atoms with Crippen LogP contribution < -0.4 is 5.73 Å². The van der Waals surface area contributed by atoms with Gasteiger partial charge in [0.1, 0.15) is 0 Å². The maximum Gasteiger partial charge on any atom is 0.217 e. The molecule has 0 heterocycles. The Bertz CT molecular complexity index is 365. The Labute approximate surface area is 174 Å². The Morgan fingerprint density at radius 1 is 0.964 bits per heavy atom. The summed E-state index contributed by atoms with van der Waals surface area (Å²) in [6.07, 6.45) is 19.0. The van der Waals surface area contributed by atoms with E-state index in [2.05, 4.69) is 19.1 Å². The summed E-state index contributed by atoms with van der Waals surface area (Å²) in [5.74, 6) is -0.189. The molecule has 3 N–H and O–H groups in total. The van der Waals surface area contributed by atoms with E-state index in [9.17, 15) is 15.1 Å². The van der Waals surface area contributed by atoms with Crippen molar-refractivity contribution in [1.29, 1.82) is 0 Å². The van der Waals surface area contributed by atoms with Gasteiger partial charge in [-0.2, -0.15) is 0 Å². The minimum atomic E-state index is -0.189. The molecule has 0 aromatic carbocycles. The van der Waals surface area contributed by atoms with E-state index in [0.29, 0.717) is 6.42 Å². The van der Waals surface area contributed by atoms with Gasteiger partial charge in [0.15, 0.2) is 0 Å². The number of rotatable bonds is 17. The fourth-order valence-corrected chi connectivity index (χ4v) is 2.93. The molecule has 0 bridgehead atoms. The van der Waals surface area contributed by atoms with Crippen molar-refractivity contribution in [2.45, 2.75) is 110 Å². The third-order valence-electron chi connectivity index (χ3n) is 4.52. The van der Waals surface area contributed by atoms with Gasteiger partial charge in [-0.1, -0.05) is 70.9 Å². The highest BCUT2D eigenvalue weighted by Gasteiger charge is 2.00. The molecule has 1 atom stereocenters. The Balaban J connectivity index is 0. The molecule has 0 aliphatic carbocycles. The minimum Gasteiger partial charge on any atom is -0.633 e. The summed E-state index contributed by atoms with van der Waals surface area (Å²) in [7, 11) is 3.31. The molecule has 5 heteroatoms. The maximum absolute atomic E-state index is 10.6. The summed E-state index contributed by atoms with van der Waals surface area (Å²) < 4.78 is -0.156. The van der Waals surface area contributed by atoms with Crippen molar-refractivity contribution in [2.24, 2.45) is 5.73 Å². The van der Waals surface area contributed by atoms with Crippen LogP contribution in [0.4, 0.5) is 0 Å². The lowest BCUT2D eigenvalue weighted by atomic mass is 10.1. The van der Waals surface area contributed by atoms with Crippen molar-refractivity contribution in [3.8, 4) is 0 Å². The van der Waals surface area contributed by atoms with Gasteiger partial charge >= 0.3 is 0 Å². The van der Waals surface area contributed by atoms with Gasteiger partial charge in [-0.3, -0.25) is 4.79 Å². The molecule has 0 rings (SSSR count). The lowest BCUT2D eigenvalue weighted by molar-refractivity contribution is -0.839. The first-order chi connectivity index (χ1) is 13.2. The highest BCUT2D eigenvalue weighted by molar-refractivity contribution is 5.73. The number of carbonyl (C=O) groups is 1. The van der Waals surface area contributed by atoms with Crippen LogP contribution in [0.3, 0.4) is 0 Å². The average molecular weight is 401 g/mol. The van der Waals surface area contributed by atoms with Crippen molar-refractivity contribution < 1.29 is 14.5 Å². The second-order valence-electron chi connectivity index (χ2n) is 8.28. The van der Waals surface area contributed by atoms with E-state index in [1.165, 1.54) is 38.5 Å². The van der Waals surface area contributed by atoms with E-state index in [1.54, 1.807) is 14.1 Å². The van der Waals surface area contributed by atoms with Crippen LogP contribution in [0.25, 0.3) is 0 Å². The molecule has 0 aromatic heterocycles. The number of amides is 1. The SMILES string of the molecule is CCCCCC[C@@H](O)C/C=C\CCCCCCCC(N)=O.CCC[N+](C)(C)[O-]. The lowest BCUT2D eigenvalue weighted by Gasteiger charge is -2.33. The molecule has 0 saturated heterocycles. The normalized spacial score (nSPS) is 12.6. The van der Waals surface area contributed by atoms with Crippen molar-refractivity contribution in [1.82, 2.24) is 0 Å². The first kappa shape index (κ1) is 29.3. The van der Waals surface area contributed by atoms with Crippen molar-refractivity contribution in [3.05, 3.63) is 17.4 Å². The molecule has 28 heavy (non-hydrogen) atoms. The number of hydrogen-bond donors (Lipinski definition) is 2. The van der Waals surface area contributed by atoms with Crippen LogP contribution in [0, 0.1) is 5.21 Å². The third kappa shape index (κ3) is 29.8. The molecule has 0 aliphatic heterocycles. The van der Waals surface area contributed by atoms with Crippen LogP contribution in [0.2, 0.25) is 0 Å². The number of aliphatic hydroxyl groups is 1. The van der Waals surface area contributed by atoms with Gasteiger partial charge in [0.2, 0.25) is 5.91 Å². The number of hydroxylamine groups is 3. The molecule has 5 nitrogen and oxygen atoms in total. The van der Waals surface area contributed by atoms with Gasteiger partial charge < -0.3 is 20.7 Å². The van der Waals surface area contributed by atoms with Gasteiger partial charge in [-0.15, -0.1) is 0 Å². The zero-order valence-corrected chi connectivity index (χ0v) is 19.1. The highest BCUT2D eigenvalue weighted by atomic mass is 16.5. The summed E-state index contributed by atoms with van der Waals surface area (Å²) >= 11 is 0.